The molecule has 2 atom stereocenters. The van der Waals surface area contributed by atoms with Gasteiger partial charge in [-0.1, -0.05) is 48.5 Å². The molecular weight excluding hydrogens is 435 g/mol. The standard InChI is InChI=1S/C24H20ClFN2O2S/c1-15-19(26)11-6-12-20(15)28-21(29)14-31-24(28)17-9-5-10-18(13-17)27-23(30)22(25)16-7-3-2-4-8-16/h2-13,22,24H,14H2,1H3,(H,27,30)/t22-,24-/m1/s1. The van der Waals surface area contributed by atoms with Gasteiger partial charge in [0.2, 0.25) is 11.8 Å². The number of hydrogen-bond donors (Lipinski definition) is 1. The topological polar surface area (TPSA) is 49.4 Å². The molecule has 2 amide bonds. The quantitative estimate of drug-likeness (QED) is 0.493. The van der Waals surface area contributed by atoms with Gasteiger partial charge in [-0.25, -0.2) is 4.39 Å². The van der Waals surface area contributed by atoms with Crippen molar-refractivity contribution in [2.45, 2.75) is 17.7 Å². The number of benzene rings is 3. The van der Waals surface area contributed by atoms with Gasteiger partial charge in [0.1, 0.15) is 16.6 Å². The van der Waals surface area contributed by atoms with Crippen LogP contribution in [0.1, 0.15) is 27.4 Å². The van der Waals surface area contributed by atoms with Crippen LogP contribution in [0.5, 0.6) is 0 Å². The van der Waals surface area contributed by atoms with E-state index >= 15 is 0 Å². The van der Waals surface area contributed by atoms with Crippen molar-refractivity contribution >= 4 is 46.6 Å². The number of carbonyl (C=O) groups excluding carboxylic acids is 2. The monoisotopic (exact) mass is 454 g/mol. The van der Waals surface area contributed by atoms with Crippen molar-refractivity contribution in [1.82, 2.24) is 0 Å². The van der Waals surface area contributed by atoms with Gasteiger partial charge in [-0.05, 0) is 42.3 Å². The second kappa shape index (κ2) is 9.12. The van der Waals surface area contributed by atoms with Crippen LogP contribution in [0.4, 0.5) is 15.8 Å². The van der Waals surface area contributed by atoms with Crippen LogP contribution in [0.3, 0.4) is 0 Å². The van der Waals surface area contributed by atoms with Gasteiger partial charge < -0.3 is 5.32 Å². The number of rotatable bonds is 5. The molecule has 0 saturated carbocycles. The summed E-state index contributed by atoms with van der Waals surface area (Å²) in [5, 5.41) is 1.71. The molecule has 0 spiro atoms. The van der Waals surface area contributed by atoms with Crippen molar-refractivity contribution in [3.05, 3.63) is 95.3 Å². The first kappa shape index (κ1) is 21.4. The van der Waals surface area contributed by atoms with Gasteiger partial charge in [-0.3, -0.25) is 14.5 Å². The van der Waals surface area contributed by atoms with E-state index in [2.05, 4.69) is 5.32 Å². The summed E-state index contributed by atoms with van der Waals surface area (Å²) in [5.41, 5.74) is 3.12. The van der Waals surface area contributed by atoms with E-state index < -0.39 is 5.38 Å². The van der Waals surface area contributed by atoms with E-state index in [0.29, 0.717) is 28.3 Å². The van der Waals surface area contributed by atoms with Gasteiger partial charge >= 0.3 is 0 Å². The third kappa shape index (κ3) is 4.45. The molecule has 7 heteroatoms. The molecule has 1 N–H and O–H groups in total. The normalized spacial score (nSPS) is 16.9. The first-order valence-electron chi connectivity index (χ1n) is 9.74. The van der Waals surface area contributed by atoms with Crippen LogP contribution in [-0.4, -0.2) is 17.6 Å². The van der Waals surface area contributed by atoms with Gasteiger partial charge in [0, 0.05) is 11.3 Å². The molecule has 1 heterocycles. The van der Waals surface area contributed by atoms with Crippen LogP contribution in [0, 0.1) is 12.7 Å². The Morgan fingerprint density at radius 2 is 1.87 bits per heavy atom. The van der Waals surface area contributed by atoms with Gasteiger partial charge in [0.25, 0.3) is 0 Å². The molecule has 31 heavy (non-hydrogen) atoms. The summed E-state index contributed by atoms with van der Waals surface area (Å²) in [4.78, 5) is 26.9. The zero-order chi connectivity index (χ0) is 22.0. The minimum Gasteiger partial charge on any atom is -0.324 e. The Morgan fingerprint density at radius 1 is 1.13 bits per heavy atom. The van der Waals surface area contributed by atoms with Crippen LogP contribution in [0.15, 0.2) is 72.8 Å². The van der Waals surface area contributed by atoms with Crippen molar-refractivity contribution in [3.63, 3.8) is 0 Å². The van der Waals surface area contributed by atoms with Crippen molar-refractivity contribution in [3.8, 4) is 0 Å². The molecule has 1 fully saturated rings. The first-order chi connectivity index (χ1) is 15.0. The van der Waals surface area contributed by atoms with Crippen LogP contribution in [0.25, 0.3) is 0 Å². The van der Waals surface area contributed by atoms with E-state index in [1.54, 1.807) is 42.2 Å². The third-order valence-electron chi connectivity index (χ3n) is 5.13. The van der Waals surface area contributed by atoms with Crippen molar-refractivity contribution in [1.29, 1.82) is 0 Å². The number of halogens is 2. The molecule has 3 aromatic carbocycles. The predicted molar refractivity (Wildman–Crippen MR) is 124 cm³/mol. The molecule has 0 aromatic heterocycles. The highest BCUT2D eigenvalue weighted by Crippen LogP contribution is 2.43. The highest BCUT2D eigenvalue weighted by atomic mass is 35.5. The Labute approximate surface area is 189 Å². The average Bonchev–Trinajstić information content (AvgIpc) is 3.17. The molecule has 0 unspecified atom stereocenters. The summed E-state index contributed by atoms with van der Waals surface area (Å²) in [6, 6.07) is 21.2. The molecule has 0 aliphatic carbocycles. The summed E-state index contributed by atoms with van der Waals surface area (Å²) >= 11 is 7.79. The average molecular weight is 455 g/mol. The number of amides is 2. The largest absolute Gasteiger partial charge is 0.324 e. The molecule has 1 aliphatic rings. The Hall–Kier alpha value is -2.83. The number of nitrogens with one attached hydrogen (secondary N) is 1. The molecular formula is C24H20ClFN2O2S. The summed E-state index contributed by atoms with van der Waals surface area (Å²) in [5.74, 6) is -0.466. The smallest absolute Gasteiger partial charge is 0.246 e. The molecule has 158 valence electrons. The SMILES string of the molecule is Cc1c(F)cccc1N1C(=O)CS[C@@H]1c1cccc(NC(=O)[C@H](Cl)c2ccccc2)c1. The lowest BCUT2D eigenvalue weighted by Gasteiger charge is -2.26. The van der Waals surface area contributed by atoms with Crippen LogP contribution in [0.2, 0.25) is 0 Å². The minimum absolute atomic E-state index is 0.0805. The summed E-state index contributed by atoms with van der Waals surface area (Å²) in [6.45, 7) is 1.67. The lowest BCUT2D eigenvalue weighted by molar-refractivity contribution is -0.116. The maximum absolute atomic E-state index is 14.1. The lowest BCUT2D eigenvalue weighted by atomic mass is 10.1. The van der Waals surface area contributed by atoms with E-state index in [1.807, 2.05) is 36.4 Å². The van der Waals surface area contributed by atoms with Crippen molar-refractivity contribution in [2.75, 3.05) is 16.0 Å². The van der Waals surface area contributed by atoms with Crippen LogP contribution in [-0.2, 0) is 9.59 Å². The highest BCUT2D eigenvalue weighted by molar-refractivity contribution is 8.00. The summed E-state index contributed by atoms with van der Waals surface area (Å²) < 4.78 is 14.1. The number of alkyl halides is 1. The molecule has 3 aromatic rings. The fourth-order valence-corrected chi connectivity index (χ4v) is 4.90. The molecule has 4 nitrogen and oxygen atoms in total. The number of hydrogen-bond acceptors (Lipinski definition) is 3. The highest BCUT2D eigenvalue weighted by Gasteiger charge is 2.35. The van der Waals surface area contributed by atoms with E-state index in [1.165, 1.54) is 17.8 Å². The maximum atomic E-state index is 14.1. The molecule has 0 radical (unpaired) electrons. The Kier molecular flexibility index (Phi) is 6.30. The van der Waals surface area contributed by atoms with E-state index in [4.69, 9.17) is 11.6 Å². The molecule has 4 rings (SSSR count). The van der Waals surface area contributed by atoms with E-state index in [-0.39, 0.29) is 23.0 Å². The van der Waals surface area contributed by atoms with Crippen LogP contribution >= 0.6 is 23.4 Å². The van der Waals surface area contributed by atoms with Gasteiger partial charge in [-0.15, -0.1) is 23.4 Å². The van der Waals surface area contributed by atoms with Gasteiger partial charge in [0.15, 0.2) is 0 Å². The van der Waals surface area contributed by atoms with Crippen LogP contribution < -0.4 is 10.2 Å². The molecule has 0 bridgehead atoms. The Bertz CT molecular complexity index is 1130. The van der Waals surface area contributed by atoms with Crippen molar-refractivity contribution < 1.29 is 14.0 Å². The Balaban J connectivity index is 1.58. The first-order valence-corrected chi connectivity index (χ1v) is 11.2. The zero-order valence-corrected chi connectivity index (χ0v) is 18.3. The molecule has 1 saturated heterocycles. The fourth-order valence-electron chi connectivity index (χ4n) is 3.54. The fraction of sp³-hybridized carbons (Fsp3) is 0.167. The number of anilines is 2. The zero-order valence-electron chi connectivity index (χ0n) is 16.7. The lowest BCUT2D eigenvalue weighted by Crippen LogP contribution is -2.28. The minimum atomic E-state index is -0.821. The van der Waals surface area contributed by atoms with Crippen molar-refractivity contribution in [2.24, 2.45) is 0 Å². The number of thioether (sulfide) groups is 1. The van der Waals surface area contributed by atoms with E-state index in [0.717, 1.165) is 5.56 Å². The second-order valence-electron chi connectivity index (χ2n) is 7.20. The van der Waals surface area contributed by atoms with Gasteiger partial charge in [0.05, 0.1) is 11.4 Å². The maximum Gasteiger partial charge on any atom is 0.246 e. The summed E-state index contributed by atoms with van der Waals surface area (Å²) in [6.07, 6.45) is 0. The van der Waals surface area contributed by atoms with E-state index in [9.17, 15) is 14.0 Å². The number of carbonyl (C=O) groups is 2. The summed E-state index contributed by atoms with van der Waals surface area (Å²) in [7, 11) is 0. The third-order valence-corrected chi connectivity index (χ3v) is 6.79. The second-order valence-corrected chi connectivity index (χ2v) is 8.70. The predicted octanol–water partition coefficient (Wildman–Crippen LogP) is 5.83. The number of nitrogens with zero attached hydrogens (tertiary/aromatic N) is 1. The van der Waals surface area contributed by atoms with Gasteiger partial charge in [-0.2, -0.15) is 0 Å². The Morgan fingerprint density at radius 3 is 2.65 bits per heavy atom. The molecule has 1 aliphatic heterocycles.